The van der Waals surface area contributed by atoms with Gasteiger partial charge in [0.15, 0.2) is 0 Å². The minimum Gasteiger partial charge on any atom is -0.330 e. The van der Waals surface area contributed by atoms with Gasteiger partial charge in [0.1, 0.15) is 0 Å². The third-order valence-corrected chi connectivity index (χ3v) is 9.65. The molecule has 25 heavy (non-hydrogen) atoms. The van der Waals surface area contributed by atoms with Crippen LogP contribution in [0.1, 0.15) is 44.9 Å². The van der Waals surface area contributed by atoms with Crippen molar-refractivity contribution in [2.75, 3.05) is 49.2 Å². The maximum Gasteiger partial charge on any atom is 0.0502 e. The molecule has 0 fully saturated rings. The molecule has 0 aliphatic carbocycles. The minimum atomic E-state index is 0.696. The van der Waals surface area contributed by atoms with Gasteiger partial charge in [0.05, 0.1) is 9.16 Å². The molecule has 0 unspecified atom stereocenters. The van der Waals surface area contributed by atoms with E-state index in [0.717, 1.165) is 51.9 Å². The second kappa shape index (κ2) is 21.5. The van der Waals surface area contributed by atoms with E-state index in [1.54, 1.807) is 0 Å². The van der Waals surface area contributed by atoms with Crippen LogP contribution < -0.4 is 22.9 Å². The lowest BCUT2D eigenvalue weighted by molar-refractivity contribution is 0.752. The zero-order chi connectivity index (χ0) is 18.6. The predicted octanol–water partition coefficient (Wildman–Crippen LogP) is 3.14. The summed E-state index contributed by atoms with van der Waals surface area (Å²) in [6, 6.07) is 0. The van der Waals surface area contributed by atoms with Crippen molar-refractivity contribution in [2.24, 2.45) is 22.9 Å². The molecule has 0 saturated carbocycles. The summed E-state index contributed by atoms with van der Waals surface area (Å²) >= 11 is 8.35. The predicted molar refractivity (Wildman–Crippen MR) is 126 cm³/mol. The Morgan fingerprint density at radius 3 is 0.960 bits per heavy atom. The molecule has 0 bridgehead atoms. The van der Waals surface area contributed by atoms with Crippen LogP contribution in [-0.4, -0.2) is 58.4 Å². The van der Waals surface area contributed by atoms with E-state index in [0.29, 0.717) is 9.16 Å². The molecule has 0 rings (SSSR count). The van der Waals surface area contributed by atoms with Crippen LogP contribution in [0, 0.1) is 0 Å². The lowest BCUT2D eigenvalue weighted by atomic mass is 10.3. The Kier molecular flexibility index (Phi) is 22.6. The van der Waals surface area contributed by atoms with Gasteiger partial charge in [0, 0.05) is 0 Å². The van der Waals surface area contributed by atoms with E-state index in [4.69, 9.17) is 22.9 Å². The van der Waals surface area contributed by atoms with Crippen LogP contribution in [0.2, 0.25) is 0 Å². The number of hydrogen-bond donors (Lipinski definition) is 4. The Hall–Kier alpha value is 1.24. The summed E-state index contributed by atoms with van der Waals surface area (Å²) in [5.41, 5.74) is 22.5. The van der Waals surface area contributed by atoms with Crippen LogP contribution >= 0.6 is 47.0 Å². The van der Waals surface area contributed by atoms with Gasteiger partial charge in [-0.05, 0) is 94.1 Å². The minimum absolute atomic E-state index is 0.696. The highest BCUT2D eigenvalue weighted by atomic mass is 32.2. The first-order chi connectivity index (χ1) is 12.3. The Labute approximate surface area is 172 Å². The van der Waals surface area contributed by atoms with Gasteiger partial charge < -0.3 is 22.9 Å². The van der Waals surface area contributed by atoms with Crippen LogP contribution in [0.15, 0.2) is 0 Å². The molecule has 8 N–H and O–H groups in total. The molecule has 0 aromatic carbocycles. The lowest BCUT2D eigenvalue weighted by Gasteiger charge is -2.19. The van der Waals surface area contributed by atoms with Crippen LogP contribution in [0.3, 0.4) is 0 Å². The molecule has 0 aliphatic rings. The highest BCUT2D eigenvalue weighted by molar-refractivity contribution is 8.17. The van der Waals surface area contributed by atoms with Crippen molar-refractivity contribution in [2.45, 2.75) is 54.1 Å². The van der Waals surface area contributed by atoms with E-state index in [1.807, 2.05) is 0 Å². The van der Waals surface area contributed by atoms with E-state index in [2.05, 4.69) is 47.0 Å². The first-order valence-corrected chi connectivity index (χ1v) is 13.7. The molecule has 0 saturated heterocycles. The first-order valence-electron chi connectivity index (χ1n) is 9.55. The number of thioether (sulfide) groups is 4. The van der Waals surface area contributed by atoms with Crippen molar-refractivity contribution < 1.29 is 0 Å². The Morgan fingerprint density at radius 2 is 0.720 bits per heavy atom. The fourth-order valence-corrected chi connectivity index (χ4v) is 7.72. The van der Waals surface area contributed by atoms with E-state index in [9.17, 15) is 0 Å². The van der Waals surface area contributed by atoms with Crippen molar-refractivity contribution in [3.05, 3.63) is 0 Å². The van der Waals surface area contributed by atoms with Crippen LogP contribution in [0.25, 0.3) is 0 Å². The van der Waals surface area contributed by atoms with Crippen molar-refractivity contribution >= 4 is 47.0 Å². The van der Waals surface area contributed by atoms with Gasteiger partial charge in [0.25, 0.3) is 0 Å². The second-order valence-corrected chi connectivity index (χ2v) is 11.7. The van der Waals surface area contributed by atoms with Crippen LogP contribution in [0.4, 0.5) is 0 Å². The van der Waals surface area contributed by atoms with E-state index < -0.39 is 0 Å². The molecular formula is C17H40N4S4. The molecule has 0 aromatic rings. The summed E-state index contributed by atoms with van der Waals surface area (Å²) in [7, 11) is 0. The number of rotatable bonds is 20. The topological polar surface area (TPSA) is 104 Å². The van der Waals surface area contributed by atoms with Gasteiger partial charge in [-0.3, -0.25) is 0 Å². The van der Waals surface area contributed by atoms with E-state index in [1.165, 1.54) is 42.3 Å². The van der Waals surface area contributed by atoms with E-state index >= 15 is 0 Å². The summed E-state index contributed by atoms with van der Waals surface area (Å²) in [6.45, 7) is 3.19. The van der Waals surface area contributed by atoms with Gasteiger partial charge >= 0.3 is 0 Å². The smallest absolute Gasteiger partial charge is 0.0502 e. The molecule has 0 heterocycles. The van der Waals surface area contributed by atoms with Gasteiger partial charge in [0.2, 0.25) is 0 Å². The number of hydrogen-bond acceptors (Lipinski definition) is 8. The fourth-order valence-electron chi connectivity index (χ4n) is 2.07. The zero-order valence-electron chi connectivity index (χ0n) is 15.7. The Balaban J connectivity index is 4.13. The second-order valence-electron chi connectivity index (χ2n) is 5.84. The monoisotopic (exact) mass is 428 g/mol. The van der Waals surface area contributed by atoms with Crippen molar-refractivity contribution in [3.63, 3.8) is 0 Å². The third kappa shape index (κ3) is 18.4. The molecule has 0 aliphatic heterocycles. The molecular weight excluding hydrogens is 388 g/mol. The molecule has 8 heteroatoms. The highest BCUT2D eigenvalue weighted by Gasteiger charge is 2.13. The van der Waals surface area contributed by atoms with Crippen molar-refractivity contribution in [3.8, 4) is 0 Å². The van der Waals surface area contributed by atoms with E-state index in [-0.39, 0.29) is 0 Å². The van der Waals surface area contributed by atoms with Crippen molar-refractivity contribution in [1.29, 1.82) is 0 Å². The summed E-state index contributed by atoms with van der Waals surface area (Å²) in [6.07, 6.45) is 8.34. The van der Waals surface area contributed by atoms with Gasteiger partial charge in [-0.1, -0.05) is 0 Å². The summed E-state index contributed by atoms with van der Waals surface area (Å²) in [4.78, 5) is 0. The number of nitrogens with two attached hydrogens (primary N) is 4. The molecule has 0 radical (unpaired) electrons. The zero-order valence-corrected chi connectivity index (χ0v) is 19.0. The Bertz CT molecular complexity index is 219. The normalized spacial score (nSPS) is 11.8. The molecule has 4 nitrogen and oxygen atoms in total. The average Bonchev–Trinajstić information content (AvgIpc) is 2.61. The molecule has 0 aromatic heterocycles. The quantitative estimate of drug-likeness (QED) is 0.173. The first kappa shape index (κ1) is 26.2. The largest absolute Gasteiger partial charge is 0.330 e. The van der Waals surface area contributed by atoms with Gasteiger partial charge in [-0.2, -0.15) is 0 Å². The maximum atomic E-state index is 5.63. The molecule has 0 amide bonds. The maximum absolute atomic E-state index is 5.63. The molecule has 152 valence electrons. The third-order valence-electron chi connectivity index (χ3n) is 3.49. The van der Waals surface area contributed by atoms with Crippen LogP contribution in [0.5, 0.6) is 0 Å². The Morgan fingerprint density at radius 1 is 0.440 bits per heavy atom. The van der Waals surface area contributed by atoms with Gasteiger partial charge in [-0.15, -0.1) is 47.0 Å². The fraction of sp³-hybridized carbons (Fsp3) is 1.00. The lowest BCUT2D eigenvalue weighted by Crippen LogP contribution is -2.09. The highest BCUT2D eigenvalue weighted by Crippen LogP contribution is 2.33. The van der Waals surface area contributed by atoms with Crippen LogP contribution in [-0.2, 0) is 0 Å². The van der Waals surface area contributed by atoms with Crippen molar-refractivity contribution in [1.82, 2.24) is 0 Å². The summed E-state index contributed by atoms with van der Waals surface area (Å²) < 4.78 is 1.39. The molecule has 0 spiro atoms. The van der Waals surface area contributed by atoms with Gasteiger partial charge in [-0.25, -0.2) is 0 Å². The average molecular weight is 429 g/mol. The standard InChI is InChI=1S/C17H40N4S4/c18-8-2-12-22-16(23-13-3-9-19)6-1-7-17(24-14-4-10-20)25-15-5-11-21/h16-17H,1-15,18-21H2. The summed E-state index contributed by atoms with van der Waals surface area (Å²) in [5.74, 6) is 4.71. The molecule has 0 atom stereocenters. The summed E-state index contributed by atoms with van der Waals surface area (Å²) in [5, 5.41) is 0. The SMILES string of the molecule is NCCCSC(CCCC(SCCCN)SCCCN)SCCCN.